The lowest BCUT2D eigenvalue weighted by Crippen LogP contribution is -2.45. The zero-order valence-electron chi connectivity index (χ0n) is 14.3. The van der Waals surface area contributed by atoms with Gasteiger partial charge in [-0.3, -0.25) is 4.79 Å². The van der Waals surface area contributed by atoms with E-state index in [1.807, 2.05) is 29.0 Å². The summed E-state index contributed by atoms with van der Waals surface area (Å²) in [4.78, 5) is 29.8. The smallest absolute Gasteiger partial charge is 0.315 e. The Labute approximate surface area is 147 Å². The summed E-state index contributed by atoms with van der Waals surface area (Å²) in [6, 6.07) is 9.47. The van der Waals surface area contributed by atoms with Crippen LogP contribution in [0.3, 0.4) is 0 Å². The van der Waals surface area contributed by atoms with Crippen molar-refractivity contribution in [1.29, 1.82) is 0 Å². The predicted octanol–water partition coefficient (Wildman–Crippen LogP) is 1.16. The molecule has 3 rings (SSSR count). The van der Waals surface area contributed by atoms with Gasteiger partial charge in [-0.1, -0.05) is 30.3 Å². The first kappa shape index (κ1) is 17.0. The quantitative estimate of drug-likeness (QED) is 0.827. The second-order valence-corrected chi connectivity index (χ2v) is 6.20. The number of likely N-dealkylation sites (N-methyl/N-ethyl adjacent to an activating group) is 1. The van der Waals surface area contributed by atoms with E-state index < -0.39 is 6.04 Å². The molecule has 0 bridgehead atoms. The number of hydrogen-bond donors (Lipinski definition) is 2. The molecule has 1 aliphatic rings. The molecule has 0 saturated carbocycles. The second kappa shape index (κ2) is 7.83. The van der Waals surface area contributed by atoms with Gasteiger partial charge in [-0.15, -0.1) is 0 Å². The van der Waals surface area contributed by atoms with E-state index in [1.165, 1.54) is 5.56 Å². The van der Waals surface area contributed by atoms with Crippen molar-refractivity contribution in [1.82, 2.24) is 25.1 Å². The molecule has 2 aromatic rings. The van der Waals surface area contributed by atoms with E-state index in [-0.39, 0.29) is 11.9 Å². The summed E-state index contributed by atoms with van der Waals surface area (Å²) in [7, 11) is 1.74. The normalized spacial score (nSPS) is 16.9. The van der Waals surface area contributed by atoms with Gasteiger partial charge in [-0.25, -0.2) is 9.78 Å². The number of nitrogens with one attached hydrogen (secondary N) is 2. The van der Waals surface area contributed by atoms with E-state index in [0.717, 1.165) is 18.8 Å². The first-order valence-electron chi connectivity index (χ1n) is 8.47. The van der Waals surface area contributed by atoms with Crippen LogP contribution in [0.4, 0.5) is 4.79 Å². The van der Waals surface area contributed by atoms with E-state index in [1.54, 1.807) is 18.1 Å². The van der Waals surface area contributed by atoms with E-state index in [2.05, 4.69) is 27.8 Å². The first-order chi connectivity index (χ1) is 12.1. The molecule has 0 spiro atoms. The largest absolute Gasteiger partial charge is 0.344 e. The fourth-order valence-corrected chi connectivity index (χ4v) is 2.93. The van der Waals surface area contributed by atoms with Crippen LogP contribution < -0.4 is 10.6 Å². The number of urea groups is 1. The van der Waals surface area contributed by atoms with Gasteiger partial charge in [0, 0.05) is 32.5 Å². The summed E-state index contributed by atoms with van der Waals surface area (Å²) in [6.07, 6.45) is 5.19. The van der Waals surface area contributed by atoms with Crippen molar-refractivity contribution in [3.8, 4) is 0 Å². The number of aromatic nitrogens is 2. The Morgan fingerprint density at radius 3 is 2.84 bits per heavy atom. The molecule has 0 unspecified atom stereocenters. The highest BCUT2D eigenvalue weighted by atomic mass is 16.2. The van der Waals surface area contributed by atoms with Crippen molar-refractivity contribution in [3.05, 3.63) is 54.1 Å². The number of imidazole rings is 1. The van der Waals surface area contributed by atoms with Gasteiger partial charge in [0.15, 0.2) is 0 Å². The Morgan fingerprint density at radius 1 is 1.32 bits per heavy atom. The zero-order chi connectivity index (χ0) is 17.6. The molecule has 0 radical (unpaired) electrons. The molecule has 1 aromatic carbocycles. The Kier molecular flexibility index (Phi) is 5.33. The average Bonchev–Trinajstić information content (AvgIpc) is 3.20. The third-order valence-corrected chi connectivity index (χ3v) is 4.43. The number of hydrogen-bond acceptors (Lipinski definition) is 3. The molecule has 7 nitrogen and oxygen atoms in total. The number of rotatable bonds is 6. The van der Waals surface area contributed by atoms with Crippen molar-refractivity contribution in [2.75, 3.05) is 13.6 Å². The predicted molar refractivity (Wildman–Crippen MR) is 93.8 cm³/mol. The molecular formula is C18H23N5O2. The maximum Gasteiger partial charge on any atom is 0.315 e. The van der Waals surface area contributed by atoms with Crippen molar-refractivity contribution in [2.24, 2.45) is 0 Å². The summed E-state index contributed by atoms with van der Waals surface area (Å²) in [5, 5.41) is 5.50. The first-order valence-corrected chi connectivity index (χ1v) is 8.47. The minimum absolute atomic E-state index is 0.0421. The number of amides is 3. The Hall–Kier alpha value is -2.83. The maximum atomic E-state index is 12.0. The number of benzene rings is 1. The lowest BCUT2D eigenvalue weighted by atomic mass is 10.1. The molecule has 3 amide bonds. The van der Waals surface area contributed by atoms with Gasteiger partial charge in [0.25, 0.3) is 0 Å². The van der Waals surface area contributed by atoms with Crippen LogP contribution in [0.5, 0.6) is 0 Å². The van der Waals surface area contributed by atoms with Gasteiger partial charge in [0.05, 0.1) is 6.54 Å². The summed E-state index contributed by atoms with van der Waals surface area (Å²) in [5.74, 6) is 0.750. The zero-order valence-corrected chi connectivity index (χ0v) is 14.3. The second-order valence-electron chi connectivity index (χ2n) is 6.20. The third kappa shape index (κ3) is 4.37. The molecule has 2 heterocycles. The van der Waals surface area contributed by atoms with Crippen molar-refractivity contribution in [3.63, 3.8) is 0 Å². The molecule has 1 atom stereocenters. The number of likely N-dealkylation sites (tertiary alicyclic amines) is 1. The molecule has 25 heavy (non-hydrogen) atoms. The van der Waals surface area contributed by atoms with Crippen LogP contribution in [0, 0.1) is 0 Å². The standard InChI is InChI=1S/C18H23N5O2/c1-22-10-8-15(17(22)24)21-18(25)20-13-16-19-9-12-23(16)11-7-14-5-3-2-4-6-14/h2-6,9,12,15H,7-8,10-11,13H2,1H3,(H2,20,21,25)/t15-/m1/s1. The molecule has 2 N–H and O–H groups in total. The Balaban J connectivity index is 1.48. The summed E-state index contributed by atoms with van der Waals surface area (Å²) in [5.41, 5.74) is 1.26. The number of carbonyl (C=O) groups is 2. The van der Waals surface area contributed by atoms with Gasteiger partial charge < -0.3 is 20.1 Å². The topological polar surface area (TPSA) is 79.3 Å². The van der Waals surface area contributed by atoms with Crippen LogP contribution in [-0.2, 0) is 24.3 Å². The summed E-state index contributed by atoms with van der Waals surface area (Å²) >= 11 is 0. The van der Waals surface area contributed by atoms with Gasteiger partial charge in [0.2, 0.25) is 5.91 Å². The van der Waals surface area contributed by atoms with Crippen LogP contribution in [-0.4, -0.2) is 46.0 Å². The Morgan fingerprint density at radius 2 is 2.12 bits per heavy atom. The van der Waals surface area contributed by atoms with Crippen LogP contribution in [0.15, 0.2) is 42.7 Å². The SMILES string of the molecule is CN1CC[C@@H](NC(=O)NCc2nccn2CCc2ccccc2)C1=O. The van der Waals surface area contributed by atoms with Gasteiger partial charge >= 0.3 is 6.03 Å². The lowest BCUT2D eigenvalue weighted by molar-refractivity contribution is -0.128. The molecule has 132 valence electrons. The van der Waals surface area contributed by atoms with Crippen LogP contribution in [0.25, 0.3) is 0 Å². The highest BCUT2D eigenvalue weighted by Gasteiger charge is 2.30. The van der Waals surface area contributed by atoms with Crippen LogP contribution >= 0.6 is 0 Å². The fraction of sp³-hybridized carbons (Fsp3) is 0.389. The minimum Gasteiger partial charge on any atom is -0.344 e. The molecule has 1 aromatic heterocycles. The van der Waals surface area contributed by atoms with E-state index in [9.17, 15) is 9.59 Å². The lowest BCUT2D eigenvalue weighted by Gasteiger charge is -2.13. The average molecular weight is 341 g/mol. The molecular weight excluding hydrogens is 318 g/mol. The van der Waals surface area contributed by atoms with Crippen LogP contribution in [0.2, 0.25) is 0 Å². The highest BCUT2D eigenvalue weighted by Crippen LogP contribution is 2.08. The third-order valence-electron chi connectivity index (χ3n) is 4.43. The van der Waals surface area contributed by atoms with E-state index in [0.29, 0.717) is 19.5 Å². The van der Waals surface area contributed by atoms with Gasteiger partial charge in [-0.2, -0.15) is 0 Å². The molecule has 0 aliphatic carbocycles. The monoisotopic (exact) mass is 341 g/mol. The summed E-state index contributed by atoms with van der Waals surface area (Å²) in [6.45, 7) is 1.80. The maximum absolute atomic E-state index is 12.0. The number of nitrogens with zero attached hydrogens (tertiary/aromatic N) is 3. The van der Waals surface area contributed by atoms with Crippen molar-refractivity contribution >= 4 is 11.9 Å². The molecule has 1 fully saturated rings. The van der Waals surface area contributed by atoms with Gasteiger partial charge in [0.1, 0.15) is 11.9 Å². The number of carbonyl (C=O) groups excluding carboxylic acids is 2. The van der Waals surface area contributed by atoms with E-state index >= 15 is 0 Å². The van der Waals surface area contributed by atoms with Crippen LogP contribution in [0.1, 0.15) is 17.8 Å². The van der Waals surface area contributed by atoms with Crippen molar-refractivity contribution < 1.29 is 9.59 Å². The molecule has 1 aliphatic heterocycles. The Bertz CT molecular complexity index is 728. The summed E-state index contributed by atoms with van der Waals surface area (Å²) < 4.78 is 2.03. The van der Waals surface area contributed by atoms with Gasteiger partial charge in [-0.05, 0) is 18.4 Å². The minimum atomic E-state index is -0.428. The molecule has 1 saturated heterocycles. The fourth-order valence-electron chi connectivity index (χ4n) is 2.93. The molecule has 7 heteroatoms. The highest BCUT2D eigenvalue weighted by molar-refractivity contribution is 5.88. The van der Waals surface area contributed by atoms with E-state index in [4.69, 9.17) is 0 Å². The number of aryl methyl sites for hydroxylation is 2. The van der Waals surface area contributed by atoms with Crippen molar-refractivity contribution in [2.45, 2.75) is 32.0 Å².